The standard InChI is InChI=1S/C15H10BrNO/c16-14-13(11-7-3-1-4-8-11)17-15(18-14)12-9-5-2-6-10-12/h1-10H. The van der Waals surface area contributed by atoms with Gasteiger partial charge in [0.1, 0.15) is 5.69 Å². The van der Waals surface area contributed by atoms with Crippen LogP contribution in [-0.2, 0) is 0 Å². The molecular weight excluding hydrogens is 290 g/mol. The summed E-state index contributed by atoms with van der Waals surface area (Å²) in [6.45, 7) is 0. The van der Waals surface area contributed by atoms with Gasteiger partial charge in [-0.2, -0.15) is 0 Å². The molecule has 0 fully saturated rings. The lowest BCUT2D eigenvalue weighted by Gasteiger charge is -1.94. The van der Waals surface area contributed by atoms with E-state index in [2.05, 4.69) is 20.9 Å². The van der Waals surface area contributed by atoms with Gasteiger partial charge in [-0.1, -0.05) is 48.5 Å². The molecule has 2 nitrogen and oxygen atoms in total. The Morgan fingerprint density at radius 2 is 1.33 bits per heavy atom. The van der Waals surface area contributed by atoms with Gasteiger partial charge in [0.25, 0.3) is 0 Å². The molecule has 1 aromatic heterocycles. The van der Waals surface area contributed by atoms with Crippen LogP contribution in [0.4, 0.5) is 0 Å². The molecule has 1 heterocycles. The van der Waals surface area contributed by atoms with Crippen molar-refractivity contribution in [3.63, 3.8) is 0 Å². The van der Waals surface area contributed by atoms with Crippen molar-refractivity contribution in [2.75, 3.05) is 0 Å². The Labute approximate surface area is 113 Å². The Bertz CT molecular complexity index is 647. The molecule has 0 spiro atoms. The average Bonchev–Trinajstić information content (AvgIpc) is 2.83. The lowest BCUT2D eigenvalue weighted by molar-refractivity contribution is 0.550. The van der Waals surface area contributed by atoms with Gasteiger partial charge in [0.2, 0.25) is 5.89 Å². The summed E-state index contributed by atoms with van der Waals surface area (Å²) in [5, 5.41) is 0. The molecule has 3 aromatic rings. The number of nitrogens with zero attached hydrogens (tertiary/aromatic N) is 1. The van der Waals surface area contributed by atoms with E-state index >= 15 is 0 Å². The summed E-state index contributed by atoms with van der Waals surface area (Å²) in [4.78, 5) is 4.54. The van der Waals surface area contributed by atoms with Crippen molar-refractivity contribution in [1.82, 2.24) is 4.98 Å². The molecular formula is C15H10BrNO. The summed E-state index contributed by atoms with van der Waals surface area (Å²) in [6, 6.07) is 19.8. The highest BCUT2D eigenvalue weighted by molar-refractivity contribution is 9.10. The minimum Gasteiger partial charge on any atom is -0.429 e. The maximum atomic E-state index is 5.66. The average molecular weight is 300 g/mol. The minimum atomic E-state index is 0.626. The van der Waals surface area contributed by atoms with Gasteiger partial charge in [-0.15, -0.1) is 0 Å². The summed E-state index contributed by atoms with van der Waals surface area (Å²) in [7, 11) is 0. The fraction of sp³-hybridized carbons (Fsp3) is 0. The van der Waals surface area contributed by atoms with E-state index in [0.29, 0.717) is 10.6 Å². The number of oxazole rings is 1. The monoisotopic (exact) mass is 299 g/mol. The smallest absolute Gasteiger partial charge is 0.228 e. The highest BCUT2D eigenvalue weighted by atomic mass is 79.9. The topological polar surface area (TPSA) is 26.0 Å². The lowest BCUT2D eigenvalue weighted by Crippen LogP contribution is -1.79. The molecule has 0 aliphatic heterocycles. The van der Waals surface area contributed by atoms with Crippen molar-refractivity contribution in [3.05, 3.63) is 65.3 Å². The number of aromatic nitrogens is 1. The van der Waals surface area contributed by atoms with E-state index in [0.717, 1.165) is 16.8 Å². The second-order valence-electron chi connectivity index (χ2n) is 3.87. The Balaban J connectivity index is 2.07. The van der Waals surface area contributed by atoms with E-state index in [4.69, 9.17) is 4.42 Å². The highest BCUT2D eigenvalue weighted by Crippen LogP contribution is 2.32. The minimum absolute atomic E-state index is 0.626. The van der Waals surface area contributed by atoms with Gasteiger partial charge < -0.3 is 4.42 Å². The third-order valence-electron chi connectivity index (χ3n) is 2.65. The van der Waals surface area contributed by atoms with E-state index in [1.807, 2.05) is 60.7 Å². The zero-order chi connectivity index (χ0) is 12.4. The molecule has 0 radical (unpaired) electrons. The molecule has 18 heavy (non-hydrogen) atoms. The molecule has 0 aliphatic rings. The van der Waals surface area contributed by atoms with E-state index in [1.165, 1.54) is 0 Å². The van der Waals surface area contributed by atoms with Gasteiger partial charge in [0.15, 0.2) is 4.67 Å². The summed E-state index contributed by atoms with van der Waals surface area (Å²) >= 11 is 3.42. The van der Waals surface area contributed by atoms with Crippen molar-refractivity contribution in [3.8, 4) is 22.7 Å². The van der Waals surface area contributed by atoms with E-state index in [1.54, 1.807) is 0 Å². The first-order chi connectivity index (χ1) is 8.84. The quantitative estimate of drug-likeness (QED) is 0.681. The summed E-state index contributed by atoms with van der Waals surface area (Å²) in [6.07, 6.45) is 0. The largest absolute Gasteiger partial charge is 0.429 e. The summed E-state index contributed by atoms with van der Waals surface area (Å²) in [5.74, 6) is 0.626. The van der Waals surface area contributed by atoms with Crippen LogP contribution in [0.5, 0.6) is 0 Å². The molecule has 0 atom stereocenters. The molecule has 2 aromatic carbocycles. The van der Waals surface area contributed by atoms with E-state index < -0.39 is 0 Å². The molecule has 3 heteroatoms. The van der Waals surface area contributed by atoms with Crippen molar-refractivity contribution in [1.29, 1.82) is 0 Å². The zero-order valence-corrected chi connectivity index (χ0v) is 11.1. The zero-order valence-electron chi connectivity index (χ0n) is 9.51. The normalized spacial score (nSPS) is 10.5. The highest BCUT2D eigenvalue weighted by Gasteiger charge is 2.13. The molecule has 88 valence electrons. The second kappa shape index (κ2) is 4.78. The fourth-order valence-electron chi connectivity index (χ4n) is 1.78. The number of hydrogen-bond donors (Lipinski definition) is 0. The van der Waals surface area contributed by atoms with E-state index in [9.17, 15) is 0 Å². The molecule has 0 amide bonds. The molecule has 0 unspecified atom stereocenters. The number of benzene rings is 2. The van der Waals surface area contributed by atoms with Crippen LogP contribution in [0.1, 0.15) is 0 Å². The molecule has 3 rings (SSSR count). The molecule has 0 aliphatic carbocycles. The Morgan fingerprint density at radius 1 is 0.778 bits per heavy atom. The van der Waals surface area contributed by atoms with Crippen LogP contribution in [0.3, 0.4) is 0 Å². The van der Waals surface area contributed by atoms with Crippen molar-refractivity contribution >= 4 is 15.9 Å². The maximum absolute atomic E-state index is 5.66. The summed E-state index contributed by atoms with van der Waals surface area (Å²) < 4.78 is 6.32. The van der Waals surface area contributed by atoms with Gasteiger partial charge in [-0.3, -0.25) is 0 Å². The Hall–Kier alpha value is -1.87. The predicted molar refractivity (Wildman–Crippen MR) is 75.1 cm³/mol. The third kappa shape index (κ3) is 2.09. The Kier molecular flexibility index (Phi) is 2.99. The first-order valence-electron chi connectivity index (χ1n) is 5.62. The van der Waals surface area contributed by atoms with E-state index in [-0.39, 0.29) is 0 Å². The van der Waals surface area contributed by atoms with Crippen LogP contribution >= 0.6 is 15.9 Å². The first-order valence-corrected chi connectivity index (χ1v) is 6.41. The predicted octanol–water partition coefficient (Wildman–Crippen LogP) is 4.77. The van der Waals surface area contributed by atoms with Crippen LogP contribution in [-0.4, -0.2) is 4.98 Å². The van der Waals surface area contributed by atoms with Gasteiger partial charge in [0, 0.05) is 11.1 Å². The second-order valence-corrected chi connectivity index (χ2v) is 4.59. The first kappa shape index (κ1) is 11.2. The van der Waals surface area contributed by atoms with Gasteiger partial charge in [-0.05, 0) is 28.1 Å². The molecule has 0 bridgehead atoms. The van der Waals surface area contributed by atoms with Crippen LogP contribution in [0.2, 0.25) is 0 Å². The molecule has 0 saturated carbocycles. The maximum Gasteiger partial charge on any atom is 0.228 e. The Morgan fingerprint density at radius 3 is 1.94 bits per heavy atom. The van der Waals surface area contributed by atoms with Crippen molar-refractivity contribution < 1.29 is 4.42 Å². The van der Waals surface area contributed by atoms with Crippen molar-refractivity contribution in [2.45, 2.75) is 0 Å². The number of halogens is 1. The molecule has 0 saturated heterocycles. The van der Waals surface area contributed by atoms with Crippen LogP contribution in [0, 0.1) is 0 Å². The van der Waals surface area contributed by atoms with Gasteiger partial charge in [-0.25, -0.2) is 4.98 Å². The third-order valence-corrected chi connectivity index (χ3v) is 3.19. The SMILES string of the molecule is Brc1oc(-c2ccccc2)nc1-c1ccccc1. The van der Waals surface area contributed by atoms with Crippen LogP contribution < -0.4 is 0 Å². The van der Waals surface area contributed by atoms with Crippen molar-refractivity contribution in [2.24, 2.45) is 0 Å². The van der Waals surface area contributed by atoms with Crippen LogP contribution in [0.25, 0.3) is 22.7 Å². The number of hydrogen-bond acceptors (Lipinski definition) is 2. The molecule has 0 N–H and O–H groups in total. The number of rotatable bonds is 2. The summed E-state index contributed by atoms with van der Waals surface area (Å²) in [5.41, 5.74) is 2.84. The van der Waals surface area contributed by atoms with Gasteiger partial charge >= 0.3 is 0 Å². The van der Waals surface area contributed by atoms with Crippen LogP contribution in [0.15, 0.2) is 69.8 Å². The lowest BCUT2D eigenvalue weighted by atomic mass is 10.2. The van der Waals surface area contributed by atoms with Gasteiger partial charge in [0.05, 0.1) is 0 Å². The fourth-order valence-corrected chi connectivity index (χ4v) is 2.25.